The van der Waals surface area contributed by atoms with Gasteiger partial charge in [-0.1, -0.05) is 53.7 Å². The molecule has 0 aromatic heterocycles. The molecular weight excluding hydrogens is 308 g/mol. The largest absolute Gasteiger partial charge is 0.394 e. The van der Waals surface area contributed by atoms with Crippen molar-refractivity contribution >= 4 is 18.1 Å². The van der Waals surface area contributed by atoms with Gasteiger partial charge in [0.05, 0.1) is 0 Å². The number of fused-ring (bicyclic) bond motifs is 2. The Morgan fingerprint density at radius 3 is 1.96 bits per heavy atom. The maximum Gasteiger partial charge on any atom is 0.129 e. The lowest BCUT2D eigenvalue weighted by atomic mass is 9.98. The molecule has 0 heterocycles. The number of rotatable bonds is 4. The second kappa shape index (κ2) is 8.14. The first kappa shape index (κ1) is 17.5. The Kier molecular flexibility index (Phi) is 6.20. The fourth-order valence-corrected chi connectivity index (χ4v) is 2.79. The summed E-state index contributed by atoms with van der Waals surface area (Å²) in [4.78, 5) is 7.69. The summed E-state index contributed by atoms with van der Waals surface area (Å²) in [5, 5.41) is 4.49. The Bertz CT molecular complexity index is 633. The lowest BCUT2D eigenvalue weighted by molar-refractivity contribution is 0.126. The van der Waals surface area contributed by atoms with Gasteiger partial charge in [0.2, 0.25) is 0 Å². The number of hydrogen-bond donors (Lipinski definition) is 0. The Balaban J connectivity index is 0.00000192. The van der Waals surface area contributed by atoms with E-state index < -0.39 is 0 Å². The molecule has 0 saturated heterocycles. The molecule has 0 radical (unpaired) electrons. The first-order valence-electron chi connectivity index (χ1n) is 7.77. The van der Waals surface area contributed by atoms with Crippen LogP contribution in [0.15, 0.2) is 53.7 Å². The molecule has 0 bridgehead atoms. The lowest BCUT2D eigenvalue weighted by Crippen LogP contribution is -2.17. The monoisotopic (exact) mass is 330 g/mol. The Hall–Kier alpha value is -1.84. The van der Waals surface area contributed by atoms with E-state index in [1.54, 1.807) is 0 Å². The van der Waals surface area contributed by atoms with Gasteiger partial charge in [-0.15, -0.1) is 12.4 Å². The van der Waals surface area contributed by atoms with Crippen LogP contribution < -0.4 is 0 Å². The maximum absolute atomic E-state index is 5.60. The van der Waals surface area contributed by atoms with Crippen LogP contribution >= 0.6 is 12.4 Å². The average molecular weight is 331 g/mol. The highest BCUT2D eigenvalue weighted by Crippen LogP contribution is 2.25. The SMILES string of the molecule is CN(C)CCON=C1c2ccccc2CCc2ccccc21.Cl. The van der Waals surface area contributed by atoms with E-state index in [1.807, 2.05) is 14.1 Å². The summed E-state index contributed by atoms with van der Waals surface area (Å²) in [6.45, 7) is 1.46. The molecule has 23 heavy (non-hydrogen) atoms. The van der Waals surface area contributed by atoms with Gasteiger partial charge in [0.1, 0.15) is 12.3 Å². The number of likely N-dealkylation sites (N-methyl/N-ethyl adjacent to an activating group) is 1. The van der Waals surface area contributed by atoms with Gasteiger partial charge in [0.15, 0.2) is 0 Å². The van der Waals surface area contributed by atoms with Crippen molar-refractivity contribution in [1.82, 2.24) is 4.90 Å². The molecular formula is C19H23ClN2O. The van der Waals surface area contributed by atoms with E-state index in [9.17, 15) is 0 Å². The molecule has 1 aliphatic rings. The molecule has 4 heteroatoms. The Labute approximate surface area is 144 Å². The Morgan fingerprint density at radius 2 is 1.43 bits per heavy atom. The smallest absolute Gasteiger partial charge is 0.129 e. The van der Waals surface area contributed by atoms with E-state index in [1.165, 1.54) is 22.3 Å². The molecule has 3 nitrogen and oxygen atoms in total. The maximum atomic E-state index is 5.60. The highest BCUT2D eigenvalue weighted by Gasteiger charge is 2.19. The van der Waals surface area contributed by atoms with Crippen LogP contribution in [0.5, 0.6) is 0 Å². The molecule has 0 unspecified atom stereocenters. The summed E-state index contributed by atoms with van der Waals surface area (Å²) in [5.41, 5.74) is 6.03. The number of hydrogen-bond acceptors (Lipinski definition) is 3. The van der Waals surface area contributed by atoms with E-state index >= 15 is 0 Å². The fourth-order valence-electron chi connectivity index (χ4n) is 2.79. The second-order valence-corrected chi connectivity index (χ2v) is 5.89. The number of nitrogens with zero attached hydrogens (tertiary/aromatic N) is 2. The highest BCUT2D eigenvalue weighted by atomic mass is 35.5. The zero-order valence-corrected chi connectivity index (χ0v) is 14.5. The minimum Gasteiger partial charge on any atom is -0.394 e. The summed E-state index contributed by atoms with van der Waals surface area (Å²) in [5.74, 6) is 0. The summed E-state index contributed by atoms with van der Waals surface area (Å²) in [6.07, 6.45) is 2.09. The molecule has 1 aliphatic carbocycles. The van der Waals surface area contributed by atoms with Crippen LogP contribution in [-0.4, -0.2) is 37.9 Å². The molecule has 0 aliphatic heterocycles. The van der Waals surface area contributed by atoms with Crippen molar-refractivity contribution in [3.8, 4) is 0 Å². The molecule has 0 amide bonds. The first-order chi connectivity index (χ1) is 10.8. The molecule has 0 spiro atoms. The van der Waals surface area contributed by atoms with E-state index in [0.29, 0.717) is 6.61 Å². The van der Waals surface area contributed by atoms with E-state index in [0.717, 1.165) is 25.1 Å². The molecule has 122 valence electrons. The number of halogens is 1. The topological polar surface area (TPSA) is 24.8 Å². The van der Waals surface area contributed by atoms with Crippen LogP contribution in [0, 0.1) is 0 Å². The number of aryl methyl sites for hydroxylation is 2. The number of benzene rings is 2. The van der Waals surface area contributed by atoms with Gasteiger partial charge >= 0.3 is 0 Å². The summed E-state index contributed by atoms with van der Waals surface area (Å²) >= 11 is 0. The summed E-state index contributed by atoms with van der Waals surface area (Å²) in [6, 6.07) is 17.0. The zero-order chi connectivity index (χ0) is 15.4. The molecule has 0 atom stereocenters. The van der Waals surface area contributed by atoms with Crippen molar-refractivity contribution < 1.29 is 4.84 Å². The van der Waals surface area contributed by atoms with E-state index in [-0.39, 0.29) is 12.4 Å². The lowest BCUT2D eigenvalue weighted by Gasteiger charge is -2.11. The van der Waals surface area contributed by atoms with Crippen LogP contribution in [0.4, 0.5) is 0 Å². The standard InChI is InChI=1S/C19H22N2O.ClH/c1-21(2)13-14-22-20-19-17-9-5-3-7-15(17)11-12-16-8-4-6-10-18(16)19;/h3-10H,11-14H2,1-2H3;1H. The minimum atomic E-state index is 0. The molecule has 0 saturated carbocycles. The molecule has 3 rings (SSSR count). The summed E-state index contributed by atoms with van der Waals surface area (Å²) in [7, 11) is 4.07. The molecule has 0 N–H and O–H groups in total. The van der Waals surface area contributed by atoms with Crippen LogP contribution in [0.25, 0.3) is 0 Å². The summed E-state index contributed by atoms with van der Waals surface area (Å²) < 4.78 is 0. The van der Waals surface area contributed by atoms with Crippen molar-refractivity contribution in [3.63, 3.8) is 0 Å². The molecule has 2 aromatic rings. The van der Waals surface area contributed by atoms with Gasteiger partial charge in [0.25, 0.3) is 0 Å². The third kappa shape index (κ3) is 4.12. The Morgan fingerprint density at radius 1 is 0.913 bits per heavy atom. The van der Waals surface area contributed by atoms with Crippen LogP contribution in [0.1, 0.15) is 22.3 Å². The highest BCUT2D eigenvalue weighted by molar-refractivity contribution is 6.14. The molecule has 2 aromatic carbocycles. The third-order valence-corrected chi connectivity index (χ3v) is 3.99. The van der Waals surface area contributed by atoms with Crippen molar-refractivity contribution in [3.05, 3.63) is 70.8 Å². The number of oxime groups is 1. The van der Waals surface area contributed by atoms with Crippen LogP contribution in [0.2, 0.25) is 0 Å². The van der Waals surface area contributed by atoms with Crippen LogP contribution in [-0.2, 0) is 17.7 Å². The van der Waals surface area contributed by atoms with Gasteiger partial charge in [-0.3, -0.25) is 0 Å². The van der Waals surface area contributed by atoms with Crippen molar-refractivity contribution in [2.75, 3.05) is 27.2 Å². The average Bonchev–Trinajstić information content (AvgIpc) is 2.69. The predicted octanol–water partition coefficient (Wildman–Crippen LogP) is 3.54. The second-order valence-electron chi connectivity index (χ2n) is 5.89. The van der Waals surface area contributed by atoms with Gasteiger partial charge in [-0.2, -0.15) is 0 Å². The van der Waals surface area contributed by atoms with Crippen LogP contribution in [0.3, 0.4) is 0 Å². The quantitative estimate of drug-likeness (QED) is 0.632. The first-order valence-corrected chi connectivity index (χ1v) is 7.77. The van der Waals surface area contributed by atoms with E-state index in [2.05, 4.69) is 58.6 Å². The van der Waals surface area contributed by atoms with Crippen molar-refractivity contribution in [2.45, 2.75) is 12.8 Å². The predicted molar refractivity (Wildman–Crippen MR) is 97.7 cm³/mol. The molecule has 0 fully saturated rings. The van der Waals surface area contributed by atoms with Gasteiger partial charge in [-0.05, 0) is 38.1 Å². The van der Waals surface area contributed by atoms with Gasteiger partial charge in [0, 0.05) is 17.7 Å². The van der Waals surface area contributed by atoms with E-state index in [4.69, 9.17) is 4.84 Å². The van der Waals surface area contributed by atoms with Crippen molar-refractivity contribution in [1.29, 1.82) is 0 Å². The van der Waals surface area contributed by atoms with Crippen molar-refractivity contribution in [2.24, 2.45) is 5.16 Å². The normalized spacial score (nSPS) is 12.7. The van der Waals surface area contributed by atoms with Gasteiger partial charge < -0.3 is 9.74 Å². The minimum absolute atomic E-state index is 0. The van der Waals surface area contributed by atoms with Gasteiger partial charge in [-0.25, -0.2) is 0 Å². The fraction of sp³-hybridized carbons (Fsp3) is 0.316. The zero-order valence-electron chi connectivity index (χ0n) is 13.7. The third-order valence-electron chi connectivity index (χ3n) is 3.99.